The Bertz CT molecular complexity index is 372. The Morgan fingerprint density at radius 3 is 2.45 bits per heavy atom. The summed E-state index contributed by atoms with van der Waals surface area (Å²) in [5.74, 6) is 0.655. The molecule has 0 amide bonds. The van der Waals surface area contributed by atoms with Crippen LogP contribution in [0.5, 0.6) is 0 Å². The molecule has 1 rings (SSSR count). The molecular formula is C17H31N3. The molecule has 0 unspecified atom stereocenters. The van der Waals surface area contributed by atoms with Crippen molar-refractivity contribution in [1.82, 2.24) is 10.3 Å². The molecule has 0 bridgehead atoms. The Hall–Kier alpha value is -1.09. The summed E-state index contributed by atoms with van der Waals surface area (Å²) in [5.41, 5.74) is 2.66. The van der Waals surface area contributed by atoms with Crippen LogP contribution in [0.4, 0.5) is 5.69 Å². The minimum atomic E-state index is 0.599. The smallest absolute Gasteiger partial charge is 0.0600 e. The molecule has 0 atom stereocenters. The number of hydrogen-bond acceptors (Lipinski definition) is 3. The largest absolute Gasteiger partial charge is 0.367 e. The third kappa shape index (κ3) is 4.78. The lowest BCUT2D eigenvalue weighted by Gasteiger charge is -2.35. The van der Waals surface area contributed by atoms with Crippen molar-refractivity contribution in [3.05, 3.63) is 24.0 Å². The summed E-state index contributed by atoms with van der Waals surface area (Å²) in [7, 11) is 0. The van der Waals surface area contributed by atoms with Crippen LogP contribution in [0.2, 0.25) is 0 Å². The molecule has 0 spiro atoms. The molecule has 0 aliphatic carbocycles. The molecule has 3 heteroatoms. The van der Waals surface area contributed by atoms with E-state index in [1.54, 1.807) is 0 Å². The number of nitrogens with zero attached hydrogens (tertiary/aromatic N) is 2. The minimum absolute atomic E-state index is 0.599. The fraction of sp³-hybridized carbons (Fsp3) is 0.706. The van der Waals surface area contributed by atoms with E-state index < -0.39 is 0 Å². The van der Waals surface area contributed by atoms with E-state index in [4.69, 9.17) is 0 Å². The highest BCUT2D eigenvalue weighted by Crippen LogP contribution is 2.25. The highest BCUT2D eigenvalue weighted by Gasteiger charge is 2.19. The number of rotatable bonds is 9. The van der Waals surface area contributed by atoms with Gasteiger partial charge in [-0.25, -0.2) is 0 Å². The quantitative estimate of drug-likeness (QED) is 0.743. The number of anilines is 1. The fourth-order valence-electron chi connectivity index (χ4n) is 2.65. The van der Waals surface area contributed by atoms with Crippen molar-refractivity contribution < 1.29 is 0 Å². The minimum Gasteiger partial charge on any atom is -0.367 e. The van der Waals surface area contributed by atoms with Gasteiger partial charge in [-0.05, 0) is 36.9 Å². The number of nitrogens with one attached hydrogen (secondary N) is 1. The molecule has 0 aromatic carbocycles. The van der Waals surface area contributed by atoms with Crippen LogP contribution in [0.3, 0.4) is 0 Å². The monoisotopic (exact) mass is 277 g/mol. The van der Waals surface area contributed by atoms with E-state index >= 15 is 0 Å². The summed E-state index contributed by atoms with van der Waals surface area (Å²) in [4.78, 5) is 6.92. The van der Waals surface area contributed by atoms with Gasteiger partial charge in [0.15, 0.2) is 0 Å². The second-order valence-corrected chi connectivity index (χ2v) is 5.80. The maximum Gasteiger partial charge on any atom is 0.0600 e. The fourth-order valence-corrected chi connectivity index (χ4v) is 2.65. The summed E-state index contributed by atoms with van der Waals surface area (Å²) in [6.07, 6.45) is 6.29. The Morgan fingerprint density at radius 2 is 1.90 bits per heavy atom. The molecule has 0 aliphatic rings. The third-order valence-electron chi connectivity index (χ3n) is 3.71. The lowest BCUT2D eigenvalue weighted by atomic mass is 10.0. The van der Waals surface area contributed by atoms with Crippen molar-refractivity contribution in [2.24, 2.45) is 5.92 Å². The Labute approximate surface area is 124 Å². The molecule has 3 nitrogen and oxygen atoms in total. The zero-order valence-electron chi connectivity index (χ0n) is 13.8. The van der Waals surface area contributed by atoms with Gasteiger partial charge >= 0.3 is 0 Å². The van der Waals surface area contributed by atoms with Gasteiger partial charge in [-0.3, -0.25) is 4.98 Å². The highest BCUT2D eigenvalue weighted by atomic mass is 15.2. The molecule has 1 N–H and O–H groups in total. The normalized spacial score (nSPS) is 11.3. The lowest BCUT2D eigenvalue weighted by Crippen LogP contribution is -2.38. The van der Waals surface area contributed by atoms with Crippen molar-refractivity contribution in [2.75, 3.05) is 18.0 Å². The first-order valence-electron chi connectivity index (χ1n) is 8.04. The zero-order chi connectivity index (χ0) is 15.0. The topological polar surface area (TPSA) is 28.2 Å². The first kappa shape index (κ1) is 17.0. The van der Waals surface area contributed by atoms with Gasteiger partial charge in [0.25, 0.3) is 0 Å². The standard InChI is InChI=1S/C17H31N3/c1-6-16(7-2)20(13-14(4)5)17-12-19-10-9-15(17)11-18-8-3/h9-10,12,14,16,18H,6-8,11,13H2,1-5H3. The Kier molecular flexibility index (Phi) is 7.60. The molecule has 0 fully saturated rings. The van der Waals surface area contributed by atoms with Gasteiger partial charge in [0.2, 0.25) is 0 Å². The van der Waals surface area contributed by atoms with Crippen LogP contribution in [0, 0.1) is 5.92 Å². The molecular weight excluding hydrogens is 246 g/mol. The second-order valence-electron chi connectivity index (χ2n) is 5.80. The molecule has 0 radical (unpaired) electrons. The van der Waals surface area contributed by atoms with Gasteiger partial charge in [-0.15, -0.1) is 0 Å². The van der Waals surface area contributed by atoms with Crippen LogP contribution in [0.15, 0.2) is 18.5 Å². The second kappa shape index (κ2) is 8.96. The van der Waals surface area contributed by atoms with E-state index in [1.807, 2.05) is 12.4 Å². The Morgan fingerprint density at radius 1 is 1.20 bits per heavy atom. The van der Waals surface area contributed by atoms with Crippen LogP contribution in [0.1, 0.15) is 53.0 Å². The average molecular weight is 277 g/mol. The maximum atomic E-state index is 4.36. The van der Waals surface area contributed by atoms with Crippen LogP contribution < -0.4 is 10.2 Å². The van der Waals surface area contributed by atoms with Gasteiger partial charge in [0, 0.05) is 25.3 Å². The first-order chi connectivity index (χ1) is 9.63. The number of hydrogen-bond donors (Lipinski definition) is 1. The van der Waals surface area contributed by atoms with Crippen LogP contribution in [-0.4, -0.2) is 24.1 Å². The van der Waals surface area contributed by atoms with Crippen molar-refractivity contribution in [3.63, 3.8) is 0 Å². The van der Waals surface area contributed by atoms with Gasteiger partial charge in [0.05, 0.1) is 11.9 Å². The number of pyridine rings is 1. The maximum absolute atomic E-state index is 4.36. The van der Waals surface area contributed by atoms with E-state index in [0.29, 0.717) is 12.0 Å². The predicted octanol–water partition coefficient (Wildman–Crippen LogP) is 3.84. The van der Waals surface area contributed by atoms with Crippen LogP contribution in [-0.2, 0) is 6.54 Å². The summed E-state index contributed by atoms with van der Waals surface area (Å²) in [6.45, 7) is 14.3. The molecule has 0 aliphatic heterocycles. The van der Waals surface area contributed by atoms with Crippen molar-refractivity contribution in [3.8, 4) is 0 Å². The van der Waals surface area contributed by atoms with Crippen LogP contribution >= 0.6 is 0 Å². The molecule has 1 heterocycles. The molecule has 114 valence electrons. The number of aromatic nitrogens is 1. The molecule has 0 saturated heterocycles. The predicted molar refractivity (Wildman–Crippen MR) is 88.2 cm³/mol. The van der Waals surface area contributed by atoms with Gasteiger partial charge in [-0.1, -0.05) is 34.6 Å². The molecule has 1 aromatic rings. The van der Waals surface area contributed by atoms with E-state index in [1.165, 1.54) is 24.1 Å². The summed E-state index contributed by atoms with van der Waals surface area (Å²) in [6, 6.07) is 2.75. The summed E-state index contributed by atoms with van der Waals surface area (Å²) >= 11 is 0. The first-order valence-corrected chi connectivity index (χ1v) is 8.04. The average Bonchev–Trinajstić information content (AvgIpc) is 2.45. The summed E-state index contributed by atoms with van der Waals surface area (Å²) < 4.78 is 0. The SMILES string of the molecule is CCNCc1ccncc1N(CC(C)C)C(CC)CC. The summed E-state index contributed by atoms with van der Waals surface area (Å²) in [5, 5.41) is 3.43. The van der Waals surface area contributed by atoms with E-state index in [9.17, 15) is 0 Å². The van der Waals surface area contributed by atoms with E-state index in [-0.39, 0.29) is 0 Å². The van der Waals surface area contributed by atoms with E-state index in [0.717, 1.165) is 19.6 Å². The molecule has 20 heavy (non-hydrogen) atoms. The van der Waals surface area contributed by atoms with Gasteiger partial charge in [0.1, 0.15) is 0 Å². The molecule has 0 saturated carbocycles. The lowest BCUT2D eigenvalue weighted by molar-refractivity contribution is 0.505. The Balaban J connectivity index is 3.05. The van der Waals surface area contributed by atoms with Crippen molar-refractivity contribution in [2.45, 2.75) is 60.0 Å². The zero-order valence-corrected chi connectivity index (χ0v) is 13.8. The highest BCUT2D eigenvalue weighted by molar-refractivity contribution is 5.52. The van der Waals surface area contributed by atoms with Crippen molar-refractivity contribution >= 4 is 5.69 Å². The van der Waals surface area contributed by atoms with E-state index in [2.05, 4.69) is 55.9 Å². The third-order valence-corrected chi connectivity index (χ3v) is 3.71. The van der Waals surface area contributed by atoms with Crippen molar-refractivity contribution in [1.29, 1.82) is 0 Å². The van der Waals surface area contributed by atoms with Gasteiger partial charge in [-0.2, -0.15) is 0 Å². The van der Waals surface area contributed by atoms with Crippen LogP contribution in [0.25, 0.3) is 0 Å². The van der Waals surface area contributed by atoms with Gasteiger partial charge < -0.3 is 10.2 Å². The molecule has 1 aromatic heterocycles.